The molecule has 1 amide bonds. The van der Waals surface area contributed by atoms with Crippen molar-refractivity contribution in [3.63, 3.8) is 0 Å². The van der Waals surface area contributed by atoms with Crippen LogP contribution in [0.5, 0.6) is 11.5 Å². The minimum absolute atomic E-state index is 0.00112. The number of aliphatic hydroxyl groups excluding tert-OH is 1. The van der Waals surface area contributed by atoms with Gasteiger partial charge in [0.2, 0.25) is 0 Å². The van der Waals surface area contributed by atoms with Crippen molar-refractivity contribution in [1.82, 2.24) is 0 Å². The number of phenolic OH excluding ortho intramolecular Hbond substituents is 2. The number of nitrogens with two attached hydrogens (primary N) is 2. The SMILES string of the molecule is CCC[C@@H](CCCC(C)C)c1cc(N)c(N/C(O)=C2/C=CC=C(C(N)=O)C2=N)c(O)c1O. The van der Waals surface area contributed by atoms with Crippen molar-refractivity contribution in [1.29, 1.82) is 5.41 Å². The number of rotatable bonds is 10. The van der Waals surface area contributed by atoms with E-state index in [0.29, 0.717) is 11.5 Å². The Hall–Kier alpha value is -3.42. The van der Waals surface area contributed by atoms with E-state index in [1.54, 1.807) is 6.07 Å². The summed E-state index contributed by atoms with van der Waals surface area (Å²) in [6, 6.07) is 1.61. The zero-order chi connectivity index (χ0) is 24.0. The second-order valence-electron chi connectivity index (χ2n) is 8.50. The number of carbonyl (C=O) groups is 1. The Kier molecular flexibility index (Phi) is 8.34. The van der Waals surface area contributed by atoms with Crippen LogP contribution >= 0.6 is 0 Å². The Morgan fingerprint density at radius 2 is 1.88 bits per heavy atom. The van der Waals surface area contributed by atoms with Crippen molar-refractivity contribution in [3.8, 4) is 11.5 Å². The van der Waals surface area contributed by atoms with Crippen LogP contribution in [0.25, 0.3) is 0 Å². The van der Waals surface area contributed by atoms with E-state index >= 15 is 0 Å². The summed E-state index contributed by atoms with van der Waals surface area (Å²) < 4.78 is 0. The third kappa shape index (κ3) is 5.63. The van der Waals surface area contributed by atoms with Gasteiger partial charge in [-0.1, -0.05) is 46.1 Å². The van der Waals surface area contributed by atoms with Gasteiger partial charge in [0, 0.05) is 5.56 Å². The highest BCUT2D eigenvalue weighted by Gasteiger charge is 2.24. The molecule has 0 saturated carbocycles. The molecule has 0 fully saturated rings. The molecule has 1 aromatic carbocycles. The first-order valence-electron chi connectivity index (χ1n) is 10.9. The maximum absolute atomic E-state index is 11.5. The standard InChI is InChI=1S/C24H34N4O4/c1-4-7-14(9-5-8-13(2)3)17-12-18(25)20(22(30)21(17)29)28-24(32)16-11-6-10-15(19(16)26)23(27)31/h6,10-14,26,28-30,32H,4-5,7-9,25H2,1-3H3,(H2,27,31)/b24-16+,26-19?/t14-/m0/s1. The largest absolute Gasteiger partial charge is 0.504 e. The van der Waals surface area contributed by atoms with Crippen LogP contribution in [0.1, 0.15) is 64.4 Å². The van der Waals surface area contributed by atoms with Gasteiger partial charge in [0.15, 0.2) is 17.4 Å². The number of hydrogen-bond acceptors (Lipinski definition) is 7. The second-order valence-corrected chi connectivity index (χ2v) is 8.50. The maximum Gasteiger partial charge on any atom is 0.250 e. The second kappa shape index (κ2) is 10.7. The highest BCUT2D eigenvalue weighted by molar-refractivity contribution is 6.28. The fraction of sp³-hybridized carbons (Fsp3) is 0.417. The lowest BCUT2D eigenvalue weighted by molar-refractivity contribution is -0.114. The van der Waals surface area contributed by atoms with Gasteiger partial charge >= 0.3 is 0 Å². The van der Waals surface area contributed by atoms with E-state index in [-0.39, 0.29) is 39.9 Å². The molecule has 174 valence electrons. The first-order chi connectivity index (χ1) is 15.1. The molecule has 0 radical (unpaired) electrons. The topological polar surface area (TPSA) is 166 Å². The molecule has 8 heteroatoms. The number of benzene rings is 1. The third-order valence-corrected chi connectivity index (χ3v) is 5.57. The molecule has 0 aromatic heterocycles. The summed E-state index contributed by atoms with van der Waals surface area (Å²) in [5.41, 5.74) is 11.7. The zero-order valence-corrected chi connectivity index (χ0v) is 18.9. The predicted molar refractivity (Wildman–Crippen MR) is 128 cm³/mol. The Balaban J connectivity index is 2.36. The van der Waals surface area contributed by atoms with Crippen molar-refractivity contribution >= 4 is 23.0 Å². The summed E-state index contributed by atoms with van der Waals surface area (Å²) in [5, 5.41) is 42.6. The molecule has 0 heterocycles. The van der Waals surface area contributed by atoms with Crippen LogP contribution in [0.4, 0.5) is 11.4 Å². The highest BCUT2D eigenvalue weighted by atomic mass is 16.3. The van der Waals surface area contributed by atoms with Gasteiger partial charge < -0.3 is 32.1 Å². The van der Waals surface area contributed by atoms with E-state index < -0.39 is 17.5 Å². The Bertz CT molecular complexity index is 977. The number of allylic oxidation sites excluding steroid dienone is 4. The lowest BCUT2D eigenvalue weighted by atomic mass is 9.87. The molecule has 0 spiro atoms. The van der Waals surface area contributed by atoms with E-state index in [4.69, 9.17) is 16.9 Å². The summed E-state index contributed by atoms with van der Waals surface area (Å²) in [7, 11) is 0. The van der Waals surface area contributed by atoms with Crippen LogP contribution in [0, 0.1) is 11.3 Å². The van der Waals surface area contributed by atoms with Gasteiger partial charge in [-0.3, -0.25) is 10.2 Å². The van der Waals surface area contributed by atoms with E-state index in [2.05, 4.69) is 26.1 Å². The summed E-state index contributed by atoms with van der Waals surface area (Å²) in [6.45, 7) is 6.40. The van der Waals surface area contributed by atoms with Gasteiger partial charge in [0.25, 0.3) is 5.91 Å². The van der Waals surface area contributed by atoms with Crippen LogP contribution in [0.2, 0.25) is 0 Å². The Morgan fingerprint density at radius 3 is 2.47 bits per heavy atom. The molecule has 1 aliphatic carbocycles. The number of phenols is 2. The third-order valence-electron chi connectivity index (χ3n) is 5.57. The van der Waals surface area contributed by atoms with Crippen molar-refractivity contribution in [3.05, 3.63) is 46.9 Å². The molecule has 1 atom stereocenters. The normalized spacial score (nSPS) is 16.1. The number of nitrogen functional groups attached to an aromatic ring is 1. The van der Waals surface area contributed by atoms with Gasteiger partial charge in [-0.05, 0) is 42.9 Å². The molecule has 32 heavy (non-hydrogen) atoms. The van der Waals surface area contributed by atoms with E-state index in [1.165, 1.54) is 18.2 Å². The highest BCUT2D eigenvalue weighted by Crippen LogP contribution is 2.46. The van der Waals surface area contributed by atoms with E-state index in [1.807, 2.05) is 0 Å². The van der Waals surface area contributed by atoms with Crippen molar-refractivity contribution in [2.24, 2.45) is 11.7 Å². The summed E-state index contributed by atoms with van der Waals surface area (Å²) in [4.78, 5) is 11.5. The van der Waals surface area contributed by atoms with Crippen molar-refractivity contribution < 1.29 is 20.1 Å². The van der Waals surface area contributed by atoms with E-state index in [9.17, 15) is 20.1 Å². The summed E-state index contributed by atoms with van der Waals surface area (Å²) >= 11 is 0. The lowest BCUT2D eigenvalue weighted by Crippen LogP contribution is -2.24. The number of nitrogens with one attached hydrogen (secondary N) is 2. The molecule has 9 N–H and O–H groups in total. The average Bonchev–Trinajstić information content (AvgIpc) is 2.72. The number of aliphatic hydroxyl groups is 1. The smallest absolute Gasteiger partial charge is 0.250 e. The summed E-state index contributed by atoms with van der Waals surface area (Å²) in [6.07, 6.45) is 8.97. The monoisotopic (exact) mass is 442 g/mol. The summed E-state index contributed by atoms with van der Waals surface area (Å²) in [5.74, 6) is -1.43. The molecule has 2 rings (SSSR count). The number of amides is 1. The average molecular weight is 443 g/mol. The van der Waals surface area contributed by atoms with Crippen LogP contribution in [-0.2, 0) is 4.79 Å². The zero-order valence-electron chi connectivity index (χ0n) is 18.9. The number of anilines is 2. The van der Waals surface area contributed by atoms with Gasteiger partial charge in [-0.2, -0.15) is 0 Å². The van der Waals surface area contributed by atoms with Gasteiger partial charge in [-0.15, -0.1) is 0 Å². The van der Waals surface area contributed by atoms with Crippen LogP contribution < -0.4 is 16.8 Å². The van der Waals surface area contributed by atoms with Gasteiger partial charge in [0.1, 0.15) is 5.69 Å². The maximum atomic E-state index is 11.5. The Morgan fingerprint density at radius 1 is 1.19 bits per heavy atom. The molecule has 1 aromatic rings. The molecule has 0 aliphatic heterocycles. The van der Waals surface area contributed by atoms with Gasteiger partial charge in [0.05, 0.1) is 22.5 Å². The fourth-order valence-electron chi connectivity index (χ4n) is 3.86. The first-order valence-corrected chi connectivity index (χ1v) is 10.9. The van der Waals surface area contributed by atoms with E-state index in [0.717, 1.165) is 32.1 Å². The molecule has 0 saturated heterocycles. The fourth-order valence-corrected chi connectivity index (χ4v) is 3.86. The number of primary amides is 1. The van der Waals surface area contributed by atoms with Crippen molar-refractivity contribution in [2.45, 2.75) is 58.8 Å². The minimum Gasteiger partial charge on any atom is -0.504 e. The first kappa shape index (κ1) is 24.8. The van der Waals surface area contributed by atoms with Crippen molar-refractivity contribution in [2.75, 3.05) is 11.1 Å². The number of carbonyl (C=O) groups excluding carboxylic acids is 1. The Labute approximate surface area is 188 Å². The lowest BCUT2D eigenvalue weighted by Gasteiger charge is -2.22. The minimum atomic E-state index is -0.798. The van der Waals surface area contributed by atoms with Crippen LogP contribution in [0.15, 0.2) is 41.3 Å². The molecule has 1 aliphatic rings. The predicted octanol–water partition coefficient (Wildman–Crippen LogP) is 4.57. The van der Waals surface area contributed by atoms with Crippen LogP contribution in [-0.4, -0.2) is 26.9 Å². The molecule has 8 nitrogen and oxygen atoms in total. The number of hydrogen-bond donors (Lipinski definition) is 7. The molecule has 0 unspecified atom stereocenters. The molecular weight excluding hydrogens is 408 g/mol. The quantitative estimate of drug-likeness (QED) is 0.121. The molecule has 0 bridgehead atoms. The van der Waals surface area contributed by atoms with Gasteiger partial charge in [-0.25, -0.2) is 0 Å². The van der Waals surface area contributed by atoms with Crippen LogP contribution in [0.3, 0.4) is 0 Å². The number of aromatic hydroxyl groups is 2. The molecular formula is C24H34N4O4.